The van der Waals surface area contributed by atoms with Crippen LogP contribution in [0.15, 0.2) is 85.2 Å². The van der Waals surface area contributed by atoms with Gasteiger partial charge in [-0.1, -0.05) is 18.2 Å². The SMILES string of the molecule is Nc1ncnc2c1c(-c1ccc(Oc3ccccc3)cc1)nn2[C@@H]1CCCN(C2CCN(CC3CCN(c4ccc(C(=O)NC5CCC(=O)NC5=O)cc4)CC3)CC2)C1. The van der Waals surface area contributed by atoms with Crippen LogP contribution in [0.1, 0.15) is 67.8 Å². The number of aromatic nitrogens is 4. The van der Waals surface area contributed by atoms with Crippen molar-refractivity contribution in [2.75, 3.05) is 56.4 Å². The van der Waals surface area contributed by atoms with Gasteiger partial charge in [0.1, 0.15) is 35.4 Å². The molecule has 0 aliphatic carbocycles. The van der Waals surface area contributed by atoms with E-state index in [9.17, 15) is 14.4 Å². The molecule has 4 saturated heterocycles. The number of hydrogen-bond acceptors (Lipinski definition) is 11. The van der Waals surface area contributed by atoms with Gasteiger partial charge in [0, 0.05) is 55.5 Å². The zero-order valence-electron chi connectivity index (χ0n) is 33.3. The number of nitrogen functional groups attached to an aromatic ring is 1. The van der Waals surface area contributed by atoms with Gasteiger partial charge in [-0.05, 0) is 131 Å². The third-order valence-electron chi connectivity index (χ3n) is 12.6. The predicted octanol–water partition coefficient (Wildman–Crippen LogP) is 5.42. The first-order valence-corrected chi connectivity index (χ1v) is 21.1. The lowest BCUT2D eigenvalue weighted by molar-refractivity contribution is -0.134. The summed E-state index contributed by atoms with van der Waals surface area (Å²) in [5.41, 5.74) is 10.7. The average molecular weight is 797 g/mol. The summed E-state index contributed by atoms with van der Waals surface area (Å²) in [6.45, 7) is 7.42. The van der Waals surface area contributed by atoms with Crippen LogP contribution < -0.4 is 26.0 Å². The maximum absolute atomic E-state index is 12.8. The topological polar surface area (TPSA) is 164 Å². The highest BCUT2D eigenvalue weighted by Gasteiger charge is 2.33. The van der Waals surface area contributed by atoms with Crippen molar-refractivity contribution in [1.82, 2.24) is 40.2 Å². The molecular formula is C45H52N10O4. The predicted molar refractivity (Wildman–Crippen MR) is 226 cm³/mol. The van der Waals surface area contributed by atoms with E-state index in [0.717, 1.165) is 111 Å². The number of benzene rings is 3. The Balaban J connectivity index is 0.760. The number of fused-ring (bicyclic) bond motifs is 1. The Labute approximate surface area is 344 Å². The minimum atomic E-state index is -0.681. The minimum Gasteiger partial charge on any atom is -0.457 e. The molecule has 6 heterocycles. The number of carbonyl (C=O) groups excluding carboxylic acids is 3. The third kappa shape index (κ3) is 8.64. The van der Waals surface area contributed by atoms with Gasteiger partial charge in [0.2, 0.25) is 11.8 Å². The highest BCUT2D eigenvalue weighted by Crippen LogP contribution is 2.36. The molecule has 4 fully saturated rings. The Morgan fingerprint density at radius 1 is 0.814 bits per heavy atom. The van der Waals surface area contributed by atoms with Gasteiger partial charge < -0.3 is 25.6 Å². The molecule has 5 aromatic rings. The van der Waals surface area contributed by atoms with E-state index >= 15 is 0 Å². The van der Waals surface area contributed by atoms with Gasteiger partial charge in [-0.3, -0.25) is 24.6 Å². The molecule has 3 aromatic carbocycles. The highest BCUT2D eigenvalue weighted by atomic mass is 16.5. The summed E-state index contributed by atoms with van der Waals surface area (Å²) in [6, 6.07) is 25.4. The van der Waals surface area contributed by atoms with E-state index in [2.05, 4.69) is 35.0 Å². The van der Waals surface area contributed by atoms with Crippen molar-refractivity contribution in [1.29, 1.82) is 0 Å². The number of amides is 3. The normalized spacial score (nSPS) is 21.4. The van der Waals surface area contributed by atoms with E-state index in [1.807, 2.05) is 78.9 Å². The van der Waals surface area contributed by atoms with Gasteiger partial charge in [0.05, 0.1) is 11.4 Å². The number of likely N-dealkylation sites (tertiary alicyclic amines) is 2. The second kappa shape index (κ2) is 17.2. The second-order valence-corrected chi connectivity index (χ2v) is 16.5. The van der Waals surface area contributed by atoms with Gasteiger partial charge in [0.15, 0.2) is 5.65 Å². The summed E-state index contributed by atoms with van der Waals surface area (Å²) in [4.78, 5) is 53.1. The molecule has 4 aliphatic heterocycles. The standard InChI is InChI=1S/C45H52N10O4/c46-42-40-41(31-10-14-37(15-11-31)59-36-6-2-1-3-7-36)51-55(43(40)48-29-47-42)35-5-4-22-54(28-35)34-20-23-52(24-21-34)27-30-18-25-53(26-19-30)33-12-8-32(9-13-33)44(57)49-38-16-17-39(56)50-45(38)58/h1-3,6-15,29-30,34-35,38H,4-5,16-28H2,(H,49,57)(H2,46,47,48)(H,50,56,58)/t35-,38?/m1/s1. The maximum Gasteiger partial charge on any atom is 0.251 e. The Hall–Kier alpha value is -5.86. The number of hydrogen-bond donors (Lipinski definition) is 3. The Morgan fingerprint density at radius 2 is 1.56 bits per heavy atom. The number of nitrogens with one attached hydrogen (secondary N) is 2. The van der Waals surface area contributed by atoms with Crippen molar-refractivity contribution in [3.63, 3.8) is 0 Å². The first kappa shape index (κ1) is 38.6. The first-order valence-electron chi connectivity index (χ1n) is 21.1. The van der Waals surface area contributed by atoms with Crippen molar-refractivity contribution in [3.05, 3.63) is 90.8 Å². The van der Waals surface area contributed by atoms with Crippen LogP contribution in [0, 0.1) is 5.92 Å². The highest BCUT2D eigenvalue weighted by molar-refractivity contribution is 6.04. The van der Waals surface area contributed by atoms with Gasteiger partial charge in [-0.15, -0.1) is 0 Å². The maximum atomic E-state index is 12.8. The van der Waals surface area contributed by atoms with Crippen molar-refractivity contribution >= 4 is 40.3 Å². The molecule has 0 bridgehead atoms. The lowest BCUT2D eigenvalue weighted by Crippen LogP contribution is -2.52. The molecule has 1 unspecified atom stereocenters. The molecule has 2 atom stereocenters. The van der Waals surface area contributed by atoms with Crippen molar-refractivity contribution < 1.29 is 19.1 Å². The van der Waals surface area contributed by atoms with Crippen LogP contribution in [0.4, 0.5) is 11.5 Å². The van der Waals surface area contributed by atoms with E-state index in [1.54, 1.807) is 6.33 Å². The van der Waals surface area contributed by atoms with E-state index < -0.39 is 11.9 Å². The van der Waals surface area contributed by atoms with Gasteiger partial charge >= 0.3 is 0 Å². The van der Waals surface area contributed by atoms with Crippen LogP contribution in [-0.4, -0.2) is 105 Å². The molecule has 14 nitrogen and oxygen atoms in total. The quantitative estimate of drug-likeness (QED) is 0.155. The minimum absolute atomic E-state index is 0.199. The Bertz CT molecular complexity index is 2270. The largest absolute Gasteiger partial charge is 0.457 e. The number of nitrogens with two attached hydrogens (primary N) is 1. The molecule has 306 valence electrons. The molecule has 4 aliphatic rings. The van der Waals surface area contributed by atoms with Crippen LogP contribution in [0.25, 0.3) is 22.3 Å². The van der Waals surface area contributed by atoms with Crippen molar-refractivity contribution in [2.24, 2.45) is 5.92 Å². The number of anilines is 2. The molecule has 9 rings (SSSR count). The zero-order chi connectivity index (χ0) is 40.3. The summed E-state index contributed by atoms with van der Waals surface area (Å²) in [5.74, 6) is 1.62. The number of carbonyl (C=O) groups is 3. The number of piperidine rings is 4. The lowest BCUT2D eigenvalue weighted by atomic mass is 9.93. The molecule has 59 heavy (non-hydrogen) atoms. The molecule has 4 N–H and O–H groups in total. The third-order valence-corrected chi connectivity index (χ3v) is 12.6. The number of rotatable bonds is 10. The molecule has 2 aromatic heterocycles. The number of para-hydroxylation sites is 1. The summed E-state index contributed by atoms with van der Waals surface area (Å²) < 4.78 is 8.15. The molecule has 0 spiro atoms. The van der Waals surface area contributed by atoms with E-state index in [-0.39, 0.29) is 24.3 Å². The van der Waals surface area contributed by atoms with Crippen LogP contribution in [0.5, 0.6) is 11.5 Å². The summed E-state index contributed by atoms with van der Waals surface area (Å²) in [6.07, 6.45) is 8.89. The fourth-order valence-corrected chi connectivity index (χ4v) is 9.37. The summed E-state index contributed by atoms with van der Waals surface area (Å²) in [7, 11) is 0. The second-order valence-electron chi connectivity index (χ2n) is 16.5. The summed E-state index contributed by atoms with van der Waals surface area (Å²) in [5, 5.41) is 11.0. The van der Waals surface area contributed by atoms with Crippen LogP contribution in [0.3, 0.4) is 0 Å². The summed E-state index contributed by atoms with van der Waals surface area (Å²) >= 11 is 0. The van der Waals surface area contributed by atoms with E-state index in [0.29, 0.717) is 29.8 Å². The fourth-order valence-electron chi connectivity index (χ4n) is 9.37. The zero-order valence-corrected chi connectivity index (χ0v) is 33.3. The van der Waals surface area contributed by atoms with E-state index in [4.69, 9.17) is 20.6 Å². The Kier molecular flexibility index (Phi) is 11.2. The van der Waals surface area contributed by atoms with Crippen molar-refractivity contribution in [2.45, 2.75) is 69.5 Å². The van der Waals surface area contributed by atoms with Crippen molar-refractivity contribution in [3.8, 4) is 22.8 Å². The average Bonchev–Trinajstić information content (AvgIpc) is 3.67. The number of imide groups is 1. The van der Waals surface area contributed by atoms with Crippen LogP contribution >= 0.6 is 0 Å². The molecule has 3 amide bonds. The molecule has 0 saturated carbocycles. The molecule has 0 radical (unpaired) electrons. The van der Waals surface area contributed by atoms with Gasteiger partial charge in [-0.2, -0.15) is 5.10 Å². The Morgan fingerprint density at radius 3 is 2.31 bits per heavy atom. The fraction of sp³-hybridized carbons (Fsp3) is 0.422. The number of ether oxygens (including phenoxy) is 1. The molecule has 14 heteroatoms. The molecular weight excluding hydrogens is 745 g/mol. The van der Waals surface area contributed by atoms with E-state index in [1.165, 1.54) is 12.8 Å². The number of nitrogens with zero attached hydrogens (tertiary/aromatic N) is 7. The smallest absolute Gasteiger partial charge is 0.251 e. The lowest BCUT2D eigenvalue weighted by Gasteiger charge is -2.43. The van der Waals surface area contributed by atoms with Gasteiger partial charge in [0.25, 0.3) is 5.91 Å². The first-order chi connectivity index (χ1) is 28.8. The van der Waals surface area contributed by atoms with Crippen LogP contribution in [0.2, 0.25) is 0 Å². The monoisotopic (exact) mass is 796 g/mol. The van der Waals surface area contributed by atoms with Gasteiger partial charge in [-0.25, -0.2) is 14.6 Å². The van der Waals surface area contributed by atoms with Crippen LogP contribution in [-0.2, 0) is 9.59 Å².